The molecule has 1 aromatic rings. The summed E-state index contributed by atoms with van der Waals surface area (Å²) in [6.45, 7) is 3.69. The predicted molar refractivity (Wildman–Crippen MR) is 72.8 cm³/mol. The minimum absolute atomic E-state index is 0.406. The van der Waals surface area contributed by atoms with Crippen molar-refractivity contribution in [2.75, 3.05) is 5.75 Å². The summed E-state index contributed by atoms with van der Waals surface area (Å²) in [6.07, 6.45) is 6.47. The number of hydrogen-bond acceptors (Lipinski definition) is 2. The Labute approximate surface area is 107 Å². The van der Waals surface area contributed by atoms with Crippen LogP contribution >= 0.6 is 11.8 Å². The molecule has 0 atom stereocenters. The van der Waals surface area contributed by atoms with Crippen LogP contribution in [-0.2, 0) is 0 Å². The summed E-state index contributed by atoms with van der Waals surface area (Å²) in [4.78, 5) is 11.8. The van der Waals surface area contributed by atoms with Crippen LogP contribution in [0.2, 0.25) is 0 Å². The Morgan fingerprint density at radius 1 is 1.29 bits per heavy atom. The van der Waals surface area contributed by atoms with E-state index in [2.05, 4.69) is 6.58 Å². The zero-order chi connectivity index (χ0) is 12.5. The van der Waals surface area contributed by atoms with Gasteiger partial charge in [0.25, 0.3) is 0 Å². The summed E-state index contributed by atoms with van der Waals surface area (Å²) >= 11 is 1.63. The van der Waals surface area contributed by atoms with Crippen molar-refractivity contribution in [2.45, 2.75) is 30.6 Å². The highest BCUT2D eigenvalue weighted by Crippen LogP contribution is 2.23. The van der Waals surface area contributed by atoms with Crippen molar-refractivity contribution in [3.8, 4) is 0 Å². The van der Waals surface area contributed by atoms with Crippen LogP contribution in [-0.4, -0.2) is 16.8 Å². The average Bonchev–Trinajstić information content (AvgIpc) is 2.34. The van der Waals surface area contributed by atoms with E-state index in [1.165, 1.54) is 12.8 Å². The molecule has 1 rings (SSSR count). The first-order valence-electron chi connectivity index (χ1n) is 5.81. The lowest BCUT2D eigenvalue weighted by Crippen LogP contribution is -1.98. The van der Waals surface area contributed by atoms with E-state index in [1.54, 1.807) is 23.9 Å². The summed E-state index contributed by atoms with van der Waals surface area (Å²) in [5.74, 6) is 0.126. The first-order chi connectivity index (χ1) is 8.25. The SMILES string of the molecule is C=CCCCCCSc1ccccc1C(=O)O. The molecular weight excluding hydrogens is 232 g/mol. The van der Waals surface area contributed by atoms with Gasteiger partial charge in [-0.3, -0.25) is 0 Å². The molecule has 0 aliphatic rings. The molecule has 0 saturated carbocycles. The minimum Gasteiger partial charge on any atom is -0.478 e. The van der Waals surface area contributed by atoms with Gasteiger partial charge in [0.05, 0.1) is 5.56 Å². The van der Waals surface area contributed by atoms with Crippen molar-refractivity contribution in [3.05, 3.63) is 42.5 Å². The van der Waals surface area contributed by atoms with Crippen LogP contribution in [0.3, 0.4) is 0 Å². The minimum atomic E-state index is -0.847. The fourth-order valence-electron chi connectivity index (χ4n) is 1.52. The van der Waals surface area contributed by atoms with Crippen molar-refractivity contribution < 1.29 is 9.90 Å². The van der Waals surface area contributed by atoms with Crippen molar-refractivity contribution >= 4 is 17.7 Å². The van der Waals surface area contributed by atoms with Crippen LogP contribution < -0.4 is 0 Å². The predicted octanol–water partition coefficient (Wildman–Crippen LogP) is 4.22. The molecule has 17 heavy (non-hydrogen) atoms. The Morgan fingerprint density at radius 3 is 2.76 bits per heavy atom. The number of benzene rings is 1. The second-order valence-corrected chi connectivity index (χ2v) is 4.92. The molecule has 0 bridgehead atoms. The van der Waals surface area contributed by atoms with Crippen LogP contribution in [0, 0.1) is 0 Å². The van der Waals surface area contributed by atoms with Crippen LogP contribution in [0.1, 0.15) is 36.0 Å². The molecule has 0 amide bonds. The Balaban J connectivity index is 2.36. The van der Waals surface area contributed by atoms with E-state index >= 15 is 0 Å². The molecule has 0 aromatic heterocycles. The molecule has 0 spiro atoms. The second kappa shape index (κ2) is 7.96. The number of carboxylic acids is 1. The van der Waals surface area contributed by atoms with Gasteiger partial charge in [0.2, 0.25) is 0 Å². The van der Waals surface area contributed by atoms with Gasteiger partial charge in [-0.05, 0) is 37.1 Å². The van der Waals surface area contributed by atoms with E-state index in [1.807, 2.05) is 18.2 Å². The van der Waals surface area contributed by atoms with Crippen LogP contribution in [0.25, 0.3) is 0 Å². The highest BCUT2D eigenvalue weighted by atomic mass is 32.2. The molecule has 0 unspecified atom stereocenters. The molecule has 1 N–H and O–H groups in total. The standard InChI is InChI=1S/C14H18O2S/c1-2-3-4-5-8-11-17-13-10-7-6-9-12(13)14(15)16/h2,6-7,9-10H,1,3-5,8,11H2,(H,15,16). The molecule has 3 heteroatoms. The topological polar surface area (TPSA) is 37.3 Å². The molecular formula is C14H18O2S. The maximum atomic E-state index is 11.0. The third-order valence-corrected chi connectivity index (χ3v) is 3.59. The van der Waals surface area contributed by atoms with Crippen LogP contribution in [0.15, 0.2) is 41.8 Å². The first-order valence-corrected chi connectivity index (χ1v) is 6.80. The summed E-state index contributed by atoms with van der Waals surface area (Å²) in [5, 5.41) is 9.01. The van der Waals surface area contributed by atoms with Gasteiger partial charge < -0.3 is 5.11 Å². The lowest BCUT2D eigenvalue weighted by atomic mass is 10.2. The fraction of sp³-hybridized carbons (Fsp3) is 0.357. The summed E-state index contributed by atoms with van der Waals surface area (Å²) in [5.41, 5.74) is 0.406. The highest BCUT2D eigenvalue weighted by molar-refractivity contribution is 7.99. The molecule has 92 valence electrons. The smallest absolute Gasteiger partial charge is 0.336 e. The van der Waals surface area contributed by atoms with Gasteiger partial charge in [-0.1, -0.05) is 24.6 Å². The molecule has 1 aromatic carbocycles. The van der Waals surface area contributed by atoms with Crippen molar-refractivity contribution in [2.24, 2.45) is 0 Å². The molecule has 0 saturated heterocycles. The monoisotopic (exact) mass is 250 g/mol. The maximum absolute atomic E-state index is 11.0. The molecule has 0 heterocycles. The van der Waals surface area contributed by atoms with Gasteiger partial charge in [-0.15, -0.1) is 18.3 Å². The lowest BCUT2D eigenvalue weighted by molar-refractivity contribution is 0.0693. The van der Waals surface area contributed by atoms with Gasteiger partial charge in [0.15, 0.2) is 0 Å². The third-order valence-electron chi connectivity index (χ3n) is 2.43. The Bertz CT molecular complexity index is 374. The van der Waals surface area contributed by atoms with Crippen molar-refractivity contribution in [3.63, 3.8) is 0 Å². The van der Waals surface area contributed by atoms with Crippen LogP contribution in [0.4, 0.5) is 0 Å². The summed E-state index contributed by atoms with van der Waals surface area (Å²) in [6, 6.07) is 7.17. The molecule has 0 radical (unpaired) electrons. The van der Waals surface area contributed by atoms with Crippen molar-refractivity contribution in [1.82, 2.24) is 0 Å². The third kappa shape index (κ3) is 5.09. The largest absolute Gasteiger partial charge is 0.478 e. The zero-order valence-corrected chi connectivity index (χ0v) is 10.7. The number of unbranched alkanes of at least 4 members (excludes halogenated alkanes) is 3. The van der Waals surface area contributed by atoms with E-state index < -0.39 is 5.97 Å². The van der Waals surface area contributed by atoms with Gasteiger partial charge in [-0.25, -0.2) is 4.79 Å². The lowest BCUT2D eigenvalue weighted by Gasteiger charge is -2.05. The Kier molecular flexibility index (Phi) is 6.48. The summed E-state index contributed by atoms with van der Waals surface area (Å²) < 4.78 is 0. The first kappa shape index (κ1) is 13.8. The fourth-order valence-corrected chi connectivity index (χ4v) is 2.57. The average molecular weight is 250 g/mol. The zero-order valence-electron chi connectivity index (χ0n) is 9.89. The highest BCUT2D eigenvalue weighted by Gasteiger charge is 2.08. The van der Waals surface area contributed by atoms with Gasteiger partial charge in [0.1, 0.15) is 0 Å². The number of thioether (sulfide) groups is 1. The molecule has 2 nitrogen and oxygen atoms in total. The quantitative estimate of drug-likeness (QED) is 0.426. The van der Waals surface area contributed by atoms with E-state index in [4.69, 9.17) is 5.11 Å². The number of rotatable bonds is 8. The number of allylic oxidation sites excluding steroid dienone is 1. The van der Waals surface area contributed by atoms with Gasteiger partial charge in [-0.2, -0.15) is 0 Å². The number of carbonyl (C=O) groups is 1. The number of carboxylic acid groups (broad SMARTS) is 1. The Hall–Kier alpha value is -1.22. The molecule has 0 aliphatic heterocycles. The molecule has 0 aliphatic carbocycles. The summed E-state index contributed by atoms with van der Waals surface area (Å²) in [7, 11) is 0. The second-order valence-electron chi connectivity index (χ2n) is 3.79. The van der Waals surface area contributed by atoms with Crippen molar-refractivity contribution in [1.29, 1.82) is 0 Å². The van der Waals surface area contributed by atoms with Gasteiger partial charge >= 0.3 is 5.97 Å². The van der Waals surface area contributed by atoms with Crippen LogP contribution in [0.5, 0.6) is 0 Å². The molecule has 0 fully saturated rings. The normalized spacial score (nSPS) is 10.1. The van der Waals surface area contributed by atoms with E-state index in [9.17, 15) is 4.79 Å². The number of hydrogen-bond donors (Lipinski definition) is 1. The van der Waals surface area contributed by atoms with E-state index in [-0.39, 0.29) is 0 Å². The maximum Gasteiger partial charge on any atom is 0.336 e. The number of aromatic carboxylic acids is 1. The Morgan fingerprint density at radius 2 is 2.06 bits per heavy atom. The van der Waals surface area contributed by atoms with Gasteiger partial charge in [0, 0.05) is 4.90 Å². The van der Waals surface area contributed by atoms with E-state index in [0.29, 0.717) is 5.56 Å². The van der Waals surface area contributed by atoms with E-state index in [0.717, 1.165) is 23.5 Å².